The summed E-state index contributed by atoms with van der Waals surface area (Å²) in [6.45, 7) is 10.1. The lowest BCUT2D eigenvalue weighted by Gasteiger charge is -2.15. The van der Waals surface area contributed by atoms with Crippen LogP contribution in [0.5, 0.6) is 23.0 Å². The van der Waals surface area contributed by atoms with Gasteiger partial charge in [-0.05, 0) is 56.0 Å². The molecule has 31 heavy (non-hydrogen) atoms. The molecule has 1 amide bonds. The van der Waals surface area contributed by atoms with Gasteiger partial charge in [0.25, 0.3) is 5.91 Å². The first-order valence-electron chi connectivity index (χ1n) is 10.6. The molecule has 0 aromatic heterocycles. The van der Waals surface area contributed by atoms with E-state index in [1.54, 1.807) is 12.1 Å². The van der Waals surface area contributed by atoms with Crippen molar-refractivity contribution in [1.29, 1.82) is 0 Å². The minimum Gasteiger partial charge on any atom is -0.493 e. The Morgan fingerprint density at radius 2 is 1.71 bits per heavy atom. The lowest BCUT2D eigenvalue weighted by Crippen LogP contribution is -2.25. The molecule has 6 nitrogen and oxygen atoms in total. The van der Waals surface area contributed by atoms with Gasteiger partial charge in [0, 0.05) is 12.1 Å². The Hall–Kier alpha value is -2.60. The zero-order valence-electron chi connectivity index (χ0n) is 18.9. The predicted octanol–water partition coefficient (Wildman–Crippen LogP) is 5.15. The Bertz CT molecular complexity index is 869. The smallest absolute Gasteiger partial charge is 0.251 e. The number of methoxy groups -OCH3 is 1. The minimum atomic E-state index is -0.230. The van der Waals surface area contributed by atoms with Gasteiger partial charge in [-0.3, -0.25) is 4.79 Å². The number of hydrogen-bond acceptors (Lipinski definition) is 5. The molecule has 2 rings (SSSR count). The van der Waals surface area contributed by atoms with Gasteiger partial charge in [-0.2, -0.15) is 0 Å². The zero-order valence-corrected chi connectivity index (χ0v) is 19.7. The van der Waals surface area contributed by atoms with Crippen molar-refractivity contribution in [2.75, 3.05) is 33.5 Å². The van der Waals surface area contributed by atoms with E-state index in [-0.39, 0.29) is 5.91 Å². The van der Waals surface area contributed by atoms with Gasteiger partial charge in [-0.15, -0.1) is 0 Å². The predicted molar refractivity (Wildman–Crippen MR) is 123 cm³/mol. The summed E-state index contributed by atoms with van der Waals surface area (Å²) in [5.74, 6) is 2.43. The third-order valence-electron chi connectivity index (χ3n) is 4.36. The van der Waals surface area contributed by atoms with Crippen LogP contribution in [0.1, 0.15) is 43.6 Å². The molecular weight excluding hydrogens is 418 g/mol. The van der Waals surface area contributed by atoms with Gasteiger partial charge in [0.1, 0.15) is 0 Å². The second kappa shape index (κ2) is 12.3. The third-order valence-corrected chi connectivity index (χ3v) is 4.64. The first kappa shape index (κ1) is 24.7. The summed E-state index contributed by atoms with van der Waals surface area (Å²) >= 11 is 6.35. The van der Waals surface area contributed by atoms with E-state index >= 15 is 0 Å². The SMILES string of the molecule is CCOc1ccc(CCNC(=O)c2cc(Cl)c(OCC(C)C)c(OC)c2)cc1OCC. The standard InChI is InChI=1S/C24H32ClNO5/c1-6-29-20-9-8-17(12-21(20)30-7-2)10-11-26-24(27)18-13-19(25)23(22(14-18)28-5)31-15-16(3)4/h8-9,12-14,16H,6-7,10-11,15H2,1-5H3,(H,26,27). The van der Waals surface area contributed by atoms with Crippen molar-refractivity contribution >= 4 is 17.5 Å². The highest BCUT2D eigenvalue weighted by atomic mass is 35.5. The Morgan fingerprint density at radius 3 is 2.35 bits per heavy atom. The van der Waals surface area contributed by atoms with Gasteiger partial charge in [0.15, 0.2) is 23.0 Å². The number of ether oxygens (including phenoxy) is 4. The van der Waals surface area contributed by atoms with Crippen LogP contribution in [0.25, 0.3) is 0 Å². The van der Waals surface area contributed by atoms with Crippen LogP contribution in [0, 0.1) is 5.92 Å². The molecule has 2 aromatic carbocycles. The molecule has 0 saturated carbocycles. The van der Waals surface area contributed by atoms with Crippen LogP contribution < -0.4 is 24.3 Å². The summed E-state index contributed by atoms with van der Waals surface area (Å²) in [6, 6.07) is 9.05. The molecule has 0 unspecified atom stereocenters. The third kappa shape index (κ3) is 7.24. The molecule has 2 aromatic rings. The number of hydrogen-bond donors (Lipinski definition) is 1. The zero-order chi connectivity index (χ0) is 22.8. The molecule has 0 aliphatic heterocycles. The fraction of sp³-hybridized carbons (Fsp3) is 0.458. The Morgan fingerprint density at radius 1 is 1.00 bits per heavy atom. The van der Waals surface area contributed by atoms with Gasteiger partial charge >= 0.3 is 0 Å². The van der Waals surface area contributed by atoms with Crippen molar-refractivity contribution in [3.05, 3.63) is 46.5 Å². The molecule has 1 N–H and O–H groups in total. The number of nitrogens with one attached hydrogen (secondary N) is 1. The van der Waals surface area contributed by atoms with E-state index in [1.165, 1.54) is 7.11 Å². The molecule has 0 aliphatic carbocycles. The average molecular weight is 450 g/mol. The van der Waals surface area contributed by atoms with E-state index in [4.69, 9.17) is 30.5 Å². The number of carbonyl (C=O) groups excluding carboxylic acids is 1. The van der Waals surface area contributed by atoms with E-state index < -0.39 is 0 Å². The molecule has 7 heteroatoms. The van der Waals surface area contributed by atoms with E-state index in [0.29, 0.717) is 66.5 Å². The van der Waals surface area contributed by atoms with Crippen molar-refractivity contribution in [3.8, 4) is 23.0 Å². The van der Waals surface area contributed by atoms with Crippen molar-refractivity contribution in [2.24, 2.45) is 5.92 Å². The van der Waals surface area contributed by atoms with Crippen LogP contribution >= 0.6 is 11.6 Å². The molecule has 0 aliphatic rings. The fourth-order valence-corrected chi connectivity index (χ4v) is 3.18. The monoisotopic (exact) mass is 449 g/mol. The summed E-state index contributed by atoms with van der Waals surface area (Å²) in [5.41, 5.74) is 1.46. The minimum absolute atomic E-state index is 0.230. The summed E-state index contributed by atoms with van der Waals surface area (Å²) in [4.78, 5) is 12.6. The normalized spacial score (nSPS) is 10.7. The quantitative estimate of drug-likeness (QED) is 0.485. The topological polar surface area (TPSA) is 66.0 Å². The molecule has 170 valence electrons. The summed E-state index contributed by atoms with van der Waals surface area (Å²) < 4.78 is 22.4. The van der Waals surface area contributed by atoms with Crippen LogP contribution in [0.3, 0.4) is 0 Å². The van der Waals surface area contributed by atoms with Gasteiger partial charge in [0.05, 0.1) is 32.0 Å². The average Bonchev–Trinajstić information content (AvgIpc) is 2.74. The highest BCUT2D eigenvalue weighted by Crippen LogP contribution is 2.36. The summed E-state index contributed by atoms with van der Waals surface area (Å²) in [7, 11) is 1.53. The van der Waals surface area contributed by atoms with Crippen LogP contribution in [0.2, 0.25) is 5.02 Å². The number of rotatable bonds is 12. The number of carbonyl (C=O) groups is 1. The van der Waals surface area contributed by atoms with Crippen LogP contribution in [-0.2, 0) is 6.42 Å². The Labute approximate surface area is 189 Å². The van der Waals surface area contributed by atoms with Gasteiger partial charge < -0.3 is 24.3 Å². The second-order valence-corrected chi connectivity index (χ2v) is 7.75. The number of halogens is 1. The molecule has 0 saturated heterocycles. The highest BCUT2D eigenvalue weighted by Gasteiger charge is 2.16. The first-order chi connectivity index (χ1) is 14.9. The molecular formula is C24H32ClNO5. The van der Waals surface area contributed by atoms with E-state index in [0.717, 1.165) is 11.3 Å². The Balaban J connectivity index is 2.02. The van der Waals surface area contributed by atoms with Gasteiger partial charge in [-0.25, -0.2) is 0 Å². The molecule has 0 fully saturated rings. The van der Waals surface area contributed by atoms with Crippen molar-refractivity contribution in [1.82, 2.24) is 5.32 Å². The van der Waals surface area contributed by atoms with Crippen LogP contribution in [0.15, 0.2) is 30.3 Å². The van der Waals surface area contributed by atoms with E-state index in [2.05, 4.69) is 5.32 Å². The second-order valence-electron chi connectivity index (χ2n) is 7.35. The van der Waals surface area contributed by atoms with Crippen LogP contribution in [0.4, 0.5) is 0 Å². The maximum absolute atomic E-state index is 12.6. The van der Waals surface area contributed by atoms with E-state index in [1.807, 2.05) is 45.9 Å². The molecule has 0 radical (unpaired) electrons. The maximum atomic E-state index is 12.6. The summed E-state index contributed by atoms with van der Waals surface area (Å²) in [6.07, 6.45) is 0.651. The molecule has 0 spiro atoms. The van der Waals surface area contributed by atoms with Gasteiger partial charge in [0.2, 0.25) is 0 Å². The molecule has 0 atom stereocenters. The van der Waals surface area contributed by atoms with Crippen molar-refractivity contribution in [2.45, 2.75) is 34.1 Å². The largest absolute Gasteiger partial charge is 0.493 e. The lowest BCUT2D eigenvalue weighted by molar-refractivity contribution is 0.0953. The Kier molecular flexibility index (Phi) is 9.79. The van der Waals surface area contributed by atoms with E-state index in [9.17, 15) is 4.79 Å². The van der Waals surface area contributed by atoms with Gasteiger partial charge in [-0.1, -0.05) is 31.5 Å². The number of benzene rings is 2. The summed E-state index contributed by atoms with van der Waals surface area (Å²) in [5, 5.41) is 3.27. The highest BCUT2D eigenvalue weighted by molar-refractivity contribution is 6.32. The maximum Gasteiger partial charge on any atom is 0.251 e. The lowest BCUT2D eigenvalue weighted by atomic mass is 10.1. The molecule has 0 bridgehead atoms. The fourth-order valence-electron chi connectivity index (χ4n) is 2.91. The van der Waals surface area contributed by atoms with Crippen molar-refractivity contribution < 1.29 is 23.7 Å². The molecule has 0 heterocycles. The van der Waals surface area contributed by atoms with Crippen molar-refractivity contribution in [3.63, 3.8) is 0 Å². The van der Waals surface area contributed by atoms with Crippen LogP contribution in [-0.4, -0.2) is 39.4 Å². The first-order valence-corrected chi connectivity index (χ1v) is 10.9. The number of amides is 1.